The number of nitriles is 1. The molecule has 1 atom stereocenters. The summed E-state index contributed by atoms with van der Waals surface area (Å²) in [6.45, 7) is 0.335. The van der Waals surface area contributed by atoms with E-state index in [1.54, 1.807) is 12.1 Å². The molecular formula is C15H11N3O2. The molecule has 5 heteroatoms. The third-order valence-electron chi connectivity index (χ3n) is 3.16. The fourth-order valence-electron chi connectivity index (χ4n) is 2.13. The van der Waals surface area contributed by atoms with Gasteiger partial charge in [-0.15, -0.1) is 0 Å². The Hall–Kier alpha value is -2.87. The topological polar surface area (TPSA) is 75.0 Å². The summed E-state index contributed by atoms with van der Waals surface area (Å²) in [5.74, 6) is 0.689. The normalized spacial score (nSPS) is 15.8. The quantitative estimate of drug-likeness (QED) is 0.901. The van der Waals surface area contributed by atoms with Gasteiger partial charge in [0.1, 0.15) is 30.2 Å². The molecule has 0 bridgehead atoms. The van der Waals surface area contributed by atoms with Gasteiger partial charge < -0.3 is 10.1 Å². The van der Waals surface area contributed by atoms with Crippen molar-refractivity contribution < 1.29 is 9.53 Å². The Labute approximate surface area is 115 Å². The van der Waals surface area contributed by atoms with Crippen LogP contribution in [-0.2, 0) is 4.79 Å². The van der Waals surface area contributed by atoms with E-state index in [9.17, 15) is 4.79 Å². The van der Waals surface area contributed by atoms with Crippen molar-refractivity contribution >= 4 is 11.7 Å². The van der Waals surface area contributed by atoms with E-state index in [-0.39, 0.29) is 11.8 Å². The first kappa shape index (κ1) is 12.2. The molecule has 0 saturated heterocycles. The van der Waals surface area contributed by atoms with E-state index in [1.807, 2.05) is 30.3 Å². The molecule has 0 spiro atoms. The van der Waals surface area contributed by atoms with Crippen molar-refractivity contribution in [2.75, 3.05) is 11.9 Å². The number of rotatable bonds is 2. The Balaban J connectivity index is 1.76. The first-order valence-electron chi connectivity index (χ1n) is 6.16. The number of anilines is 1. The molecule has 1 aromatic heterocycles. The van der Waals surface area contributed by atoms with Crippen LogP contribution in [0.4, 0.5) is 5.82 Å². The van der Waals surface area contributed by atoms with E-state index < -0.39 is 0 Å². The van der Waals surface area contributed by atoms with E-state index in [4.69, 9.17) is 10.00 Å². The highest BCUT2D eigenvalue weighted by molar-refractivity contribution is 5.96. The number of benzene rings is 1. The minimum absolute atomic E-state index is 0.160. The van der Waals surface area contributed by atoms with Crippen LogP contribution in [0.15, 0.2) is 42.6 Å². The van der Waals surface area contributed by atoms with Gasteiger partial charge in [-0.25, -0.2) is 4.98 Å². The molecule has 3 rings (SSSR count). The average molecular weight is 265 g/mol. The molecule has 2 heterocycles. The SMILES string of the molecule is N#Cc1ccc(NC(=O)C2COc3ccccc32)nc1. The lowest BCUT2D eigenvalue weighted by Gasteiger charge is -2.09. The number of hydrogen-bond acceptors (Lipinski definition) is 4. The van der Waals surface area contributed by atoms with Gasteiger partial charge in [0.25, 0.3) is 0 Å². The Morgan fingerprint density at radius 3 is 2.95 bits per heavy atom. The maximum atomic E-state index is 12.2. The monoisotopic (exact) mass is 265 g/mol. The van der Waals surface area contributed by atoms with Gasteiger partial charge in [0.05, 0.1) is 5.56 Å². The lowest BCUT2D eigenvalue weighted by atomic mass is 10.0. The van der Waals surface area contributed by atoms with Gasteiger partial charge in [0.15, 0.2) is 0 Å². The van der Waals surface area contributed by atoms with Gasteiger partial charge in [-0.05, 0) is 18.2 Å². The molecule has 98 valence electrons. The molecule has 0 saturated carbocycles. The highest BCUT2D eigenvalue weighted by atomic mass is 16.5. The van der Waals surface area contributed by atoms with Crippen LogP contribution in [-0.4, -0.2) is 17.5 Å². The molecule has 0 radical (unpaired) electrons. The van der Waals surface area contributed by atoms with E-state index in [0.29, 0.717) is 18.0 Å². The van der Waals surface area contributed by atoms with E-state index in [2.05, 4.69) is 10.3 Å². The molecule has 2 aromatic rings. The molecule has 0 fully saturated rings. The maximum absolute atomic E-state index is 12.2. The molecular weight excluding hydrogens is 254 g/mol. The molecule has 1 amide bonds. The van der Waals surface area contributed by atoms with Gasteiger partial charge in [-0.3, -0.25) is 4.79 Å². The molecule has 1 N–H and O–H groups in total. The molecule has 1 aliphatic rings. The van der Waals surface area contributed by atoms with Crippen molar-refractivity contribution in [1.82, 2.24) is 4.98 Å². The summed E-state index contributed by atoms with van der Waals surface area (Å²) in [5, 5.41) is 11.4. The zero-order valence-electron chi connectivity index (χ0n) is 10.5. The molecule has 1 aromatic carbocycles. The zero-order chi connectivity index (χ0) is 13.9. The summed E-state index contributed by atoms with van der Waals surface area (Å²) < 4.78 is 5.48. The van der Waals surface area contributed by atoms with Crippen LogP contribution in [0.5, 0.6) is 5.75 Å². The van der Waals surface area contributed by atoms with Crippen LogP contribution in [0.25, 0.3) is 0 Å². The molecule has 0 aliphatic carbocycles. The zero-order valence-corrected chi connectivity index (χ0v) is 10.5. The van der Waals surface area contributed by atoms with E-state index >= 15 is 0 Å². The van der Waals surface area contributed by atoms with E-state index in [1.165, 1.54) is 6.20 Å². The lowest BCUT2D eigenvalue weighted by molar-refractivity contribution is -0.117. The minimum atomic E-state index is -0.330. The Morgan fingerprint density at radius 1 is 1.35 bits per heavy atom. The van der Waals surface area contributed by atoms with Crippen LogP contribution < -0.4 is 10.1 Å². The second kappa shape index (κ2) is 5.02. The number of nitrogens with one attached hydrogen (secondary N) is 1. The van der Waals surface area contributed by atoms with Crippen LogP contribution in [0.3, 0.4) is 0 Å². The summed E-state index contributed by atoms with van der Waals surface area (Å²) in [7, 11) is 0. The number of pyridine rings is 1. The fourth-order valence-corrected chi connectivity index (χ4v) is 2.13. The van der Waals surface area contributed by atoms with E-state index in [0.717, 1.165) is 11.3 Å². The van der Waals surface area contributed by atoms with Crippen molar-refractivity contribution in [3.8, 4) is 11.8 Å². The summed E-state index contributed by atoms with van der Waals surface area (Å²) in [6.07, 6.45) is 1.43. The number of hydrogen-bond donors (Lipinski definition) is 1. The largest absolute Gasteiger partial charge is 0.492 e. The number of nitrogens with zero attached hydrogens (tertiary/aromatic N) is 2. The number of carbonyl (C=O) groups is 1. The number of aromatic nitrogens is 1. The van der Waals surface area contributed by atoms with Crippen molar-refractivity contribution in [1.29, 1.82) is 5.26 Å². The number of ether oxygens (including phenoxy) is 1. The second-order valence-electron chi connectivity index (χ2n) is 4.43. The Bertz CT molecular complexity index is 689. The first-order chi connectivity index (χ1) is 9.78. The van der Waals surface area contributed by atoms with Crippen LogP contribution in [0.2, 0.25) is 0 Å². The molecule has 5 nitrogen and oxygen atoms in total. The van der Waals surface area contributed by atoms with Crippen LogP contribution in [0, 0.1) is 11.3 Å². The predicted octanol–water partition coefficient (Wildman–Crippen LogP) is 2.07. The summed E-state index contributed by atoms with van der Waals surface area (Å²) in [4.78, 5) is 16.3. The third kappa shape index (κ3) is 2.19. The Kier molecular flexibility index (Phi) is 3.05. The third-order valence-corrected chi connectivity index (χ3v) is 3.16. The summed E-state index contributed by atoms with van der Waals surface area (Å²) in [6, 6.07) is 12.7. The average Bonchev–Trinajstić information content (AvgIpc) is 2.92. The van der Waals surface area contributed by atoms with Crippen molar-refractivity contribution in [3.63, 3.8) is 0 Å². The van der Waals surface area contributed by atoms with Crippen LogP contribution >= 0.6 is 0 Å². The lowest BCUT2D eigenvalue weighted by Crippen LogP contribution is -2.22. The first-order valence-corrected chi connectivity index (χ1v) is 6.16. The number of para-hydroxylation sites is 1. The Morgan fingerprint density at radius 2 is 2.20 bits per heavy atom. The highest BCUT2D eigenvalue weighted by Gasteiger charge is 2.30. The fraction of sp³-hybridized carbons (Fsp3) is 0.133. The van der Waals surface area contributed by atoms with Crippen molar-refractivity contribution in [3.05, 3.63) is 53.7 Å². The van der Waals surface area contributed by atoms with Crippen molar-refractivity contribution in [2.24, 2.45) is 0 Å². The maximum Gasteiger partial charge on any atom is 0.236 e. The van der Waals surface area contributed by atoms with Gasteiger partial charge in [0, 0.05) is 11.8 Å². The number of amides is 1. The second-order valence-corrected chi connectivity index (χ2v) is 4.43. The van der Waals surface area contributed by atoms with Gasteiger partial charge in [-0.2, -0.15) is 5.26 Å². The number of fused-ring (bicyclic) bond motifs is 1. The molecule has 1 unspecified atom stereocenters. The predicted molar refractivity (Wildman–Crippen MR) is 72.3 cm³/mol. The summed E-state index contributed by atoms with van der Waals surface area (Å²) >= 11 is 0. The minimum Gasteiger partial charge on any atom is -0.492 e. The van der Waals surface area contributed by atoms with Gasteiger partial charge >= 0.3 is 0 Å². The van der Waals surface area contributed by atoms with Gasteiger partial charge in [0.2, 0.25) is 5.91 Å². The summed E-state index contributed by atoms with van der Waals surface area (Å²) in [5.41, 5.74) is 1.34. The highest BCUT2D eigenvalue weighted by Crippen LogP contribution is 2.33. The van der Waals surface area contributed by atoms with Crippen molar-refractivity contribution in [2.45, 2.75) is 5.92 Å². The van der Waals surface area contributed by atoms with Crippen LogP contribution in [0.1, 0.15) is 17.0 Å². The molecule has 1 aliphatic heterocycles. The standard InChI is InChI=1S/C15H11N3O2/c16-7-10-5-6-14(17-8-10)18-15(19)12-9-20-13-4-2-1-3-11(12)13/h1-6,8,12H,9H2,(H,17,18,19). The number of carbonyl (C=O) groups excluding carboxylic acids is 1. The smallest absolute Gasteiger partial charge is 0.236 e. The molecule has 20 heavy (non-hydrogen) atoms. The van der Waals surface area contributed by atoms with Gasteiger partial charge in [-0.1, -0.05) is 18.2 Å².